The highest BCUT2D eigenvalue weighted by Crippen LogP contribution is 2.37. The molecule has 154 valence electrons. The number of rotatable bonds is 5. The summed E-state index contributed by atoms with van der Waals surface area (Å²) in [6, 6.07) is 9.19. The molecule has 8 nitrogen and oxygen atoms in total. The number of amides is 3. The molecule has 3 rings (SSSR count). The zero-order valence-corrected chi connectivity index (χ0v) is 17.1. The quantitative estimate of drug-likeness (QED) is 0.728. The van der Waals surface area contributed by atoms with E-state index in [9.17, 15) is 14.4 Å². The van der Waals surface area contributed by atoms with Crippen molar-refractivity contribution in [3.8, 4) is 11.3 Å². The second-order valence-corrected chi connectivity index (χ2v) is 6.84. The number of benzene rings is 1. The van der Waals surface area contributed by atoms with Crippen LogP contribution in [0.4, 0.5) is 4.79 Å². The molecule has 2 heterocycles. The van der Waals surface area contributed by atoms with E-state index < -0.39 is 12.0 Å². The number of aromatic nitrogens is 1. The van der Waals surface area contributed by atoms with Crippen LogP contribution in [0.25, 0.3) is 11.3 Å². The van der Waals surface area contributed by atoms with Gasteiger partial charge in [-0.15, -0.1) is 0 Å². The average Bonchev–Trinajstić information content (AvgIpc) is 3.03. The summed E-state index contributed by atoms with van der Waals surface area (Å²) < 4.78 is 6.81. The normalized spacial score (nSPS) is 12.9. The molecule has 0 saturated carbocycles. The van der Waals surface area contributed by atoms with Crippen LogP contribution in [0, 0.1) is 0 Å². The molecular weight excluding hydrogens is 396 g/mol. The number of carbonyl (C=O) groups is 3. The molecule has 2 N–H and O–H groups in total. The minimum atomic E-state index is -0.498. The van der Waals surface area contributed by atoms with E-state index in [2.05, 4.69) is 10.6 Å². The van der Waals surface area contributed by atoms with Gasteiger partial charge in [-0.2, -0.15) is 0 Å². The highest BCUT2D eigenvalue weighted by Gasteiger charge is 2.32. The third-order valence-electron chi connectivity index (χ3n) is 4.72. The van der Waals surface area contributed by atoms with Crippen molar-refractivity contribution < 1.29 is 19.1 Å². The van der Waals surface area contributed by atoms with E-state index in [-0.39, 0.29) is 25.6 Å². The zero-order valence-electron chi connectivity index (χ0n) is 16.3. The number of nitrogens with zero attached hydrogens (tertiary/aromatic N) is 2. The fourth-order valence-electron chi connectivity index (χ4n) is 3.40. The van der Waals surface area contributed by atoms with Crippen LogP contribution in [0.2, 0.25) is 5.02 Å². The van der Waals surface area contributed by atoms with Gasteiger partial charge in [0.1, 0.15) is 6.54 Å². The van der Waals surface area contributed by atoms with Gasteiger partial charge in [-0.1, -0.05) is 41.9 Å². The molecule has 1 aromatic heterocycles. The maximum Gasteiger partial charge on any atom is 0.325 e. The number of hydrogen-bond donors (Lipinski definition) is 2. The summed E-state index contributed by atoms with van der Waals surface area (Å²) in [7, 11) is 1.54. The van der Waals surface area contributed by atoms with Crippen molar-refractivity contribution >= 4 is 29.5 Å². The summed E-state index contributed by atoms with van der Waals surface area (Å²) in [5, 5.41) is 5.53. The Hall–Kier alpha value is -3.00. The molecule has 29 heavy (non-hydrogen) atoms. The topological polar surface area (TPSA) is 92.7 Å². The van der Waals surface area contributed by atoms with Gasteiger partial charge in [-0.05, 0) is 12.5 Å². The van der Waals surface area contributed by atoms with E-state index in [1.165, 1.54) is 7.05 Å². The maximum atomic E-state index is 12.5. The summed E-state index contributed by atoms with van der Waals surface area (Å²) in [4.78, 5) is 38.1. The molecule has 3 amide bonds. The van der Waals surface area contributed by atoms with E-state index in [1.54, 1.807) is 11.8 Å². The molecule has 0 bridgehead atoms. The van der Waals surface area contributed by atoms with Gasteiger partial charge in [0.15, 0.2) is 0 Å². The van der Waals surface area contributed by atoms with Crippen LogP contribution in [0.1, 0.15) is 23.0 Å². The second kappa shape index (κ2) is 9.00. The number of halogens is 1. The average molecular weight is 419 g/mol. The van der Waals surface area contributed by atoms with Crippen molar-refractivity contribution in [3.63, 3.8) is 0 Å². The molecule has 0 radical (unpaired) electrons. The summed E-state index contributed by atoms with van der Waals surface area (Å²) >= 11 is 6.63. The van der Waals surface area contributed by atoms with Crippen molar-refractivity contribution in [2.45, 2.75) is 20.0 Å². The van der Waals surface area contributed by atoms with Crippen molar-refractivity contribution in [1.29, 1.82) is 0 Å². The molecule has 0 saturated heterocycles. The summed E-state index contributed by atoms with van der Waals surface area (Å²) in [5.74, 6) is -0.809. The van der Waals surface area contributed by atoms with Crippen LogP contribution < -0.4 is 10.6 Å². The summed E-state index contributed by atoms with van der Waals surface area (Å²) in [6.07, 6.45) is 0. The van der Waals surface area contributed by atoms with Crippen LogP contribution in [-0.4, -0.2) is 54.1 Å². The Bertz CT molecular complexity index is 926. The smallest absolute Gasteiger partial charge is 0.325 e. The standard InChI is InChI=1S/C20H23ClN4O4/c1-3-29-15(26)11-23-20(28)24-9-10-25-14(12-24)16(19(27)22-2)17(21)18(25)13-7-5-4-6-8-13/h4-8H,3,9-12H2,1-2H3,(H,22,27)(H,23,28). The van der Waals surface area contributed by atoms with E-state index >= 15 is 0 Å². The molecule has 1 aliphatic heterocycles. The first-order valence-corrected chi connectivity index (χ1v) is 9.72. The lowest BCUT2D eigenvalue weighted by atomic mass is 10.1. The van der Waals surface area contributed by atoms with Crippen LogP contribution >= 0.6 is 11.6 Å². The minimum absolute atomic E-state index is 0.198. The van der Waals surface area contributed by atoms with Gasteiger partial charge < -0.3 is 24.8 Å². The first kappa shape index (κ1) is 20.7. The number of nitrogens with one attached hydrogen (secondary N) is 2. The highest BCUT2D eigenvalue weighted by molar-refractivity contribution is 6.36. The number of hydrogen-bond acceptors (Lipinski definition) is 4. The van der Waals surface area contributed by atoms with E-state index in [1.807, 2.05) is 34.9 Å². The molecule has 0 unspecified atom stereocenters. The molecule has 1 aromatic carbocycles. The number of fused-ring (bicyclic) bond motifs is 1. The third kappa shape index (κ3) is 4.22. The molecule has 9 heteroatoms. The van der Waals surface area contributed by atoms with Crippen LogP contribution in [0.15, 0.2) is 30.3 Å². The largest absolute Gasteiger partial charge is 0.465 e. The Morgan fingerprint density at radius 1 is 1.17 bits per heavy atom. The molecule has 2 aromatic rings. The first-order valence-electron chi connectivity index (χ1n) is 9.34. The van der Waals surface area contributed by atoms with E-state index in [0.717, 1.165) is 11.3 Å². The van der Waals surface area contributed by atoms with Crippen molar-refractivity contribution in [2.75, 3.05) is 26.7 Å². The first-order chi connectivity index (χ1) is 14.0. The SMILES string of the molecule is CCOC(=O)CNC(=O)N1CCn2c(c(C(=O)NC)c(Cl)c2-c2ccccc2)C1. The van der Waals surface area contributed by atoms with Gasteiger partial charge in [0.05, 0.1) is 35.1 Å². The van der Waals surface area contributed by atoms with Crippen LogP contribution in [-0.2, 0) is 22.6 Å². The Morgan fingerprint density at radius 2 is 1.90 bits per heavy atom. The fourth-order valence-corrected chi connectivity index (χ4v) is 3.81. The fraction of sp³-hybridized carbons (Fsp3) is 0.350. The van der Waals surface area contributed by atoms with Gasteiger partial charge in [0, 0.05) is 20.1 Å². The van der Waals surface area contributed by atoms with Gasteiger partial charge in [0.25, 0.3) is 5.91 Å². The number of urea groups is 1. The molecule has 0 spiro atoms. The predicted octanol–water partition coefficient (Wildman–Crippen LogP) is 2.26. The third-order valence-corrected chi connectivity index (χ3v) is 5.09. The lowest BCUT2D eigenvalue weighted by Gasteiger charge is -2.30. The Kier molecular flexibility index (Phi) is 6.43. The Labute approximate surface area is 173 Å². The number of esters is 1. The minimum Gasteiger partial charge on any atom is -0.465 e. The van der Waals surface area contributed by atoms with Crippen molar-refractivity contribution in [1.82, 2.24) is 20.1 Å². The van der Waals surface area contributed by atoms with Crippen molar-refractivity contribution in [2.24, 2.45) is 0 Å². The molecule has 1 aliphatic rings. The number of ether oxygens (including phenoxy) is 1. The highest BCUT2D eigenvalue weighted by atomic mass is 35.5. The lowest BCUT2D eigenvalue weighted by Crippen LogP contribution is -2.46. The molecule has 0 atom stereocenters. The lowest BCUT2D eigenvalue weighted by molar-refractivity contribution is -0.141. The van der Waals surface area contributed by atoms with Gasteiger partial charge >= 0.3 is 12.0 Å². The summed E-state index contributed by atoms with van der Waals surface area (Å²) in [6.45, 7) is 2.84. The monoisotopic (exact) mass is 418 g/mol. The van der Waals surface area contributed by atoms with E-state index in [4.69, 9.17) is 16.3 Å². The molecule has 0 fully saturated rings. The van der Waals surface area contributed by atoms with Gasteiger partial charge in [0.2, 0.25) is 0 Å². The maximum absolute atomic E-state index is 12.5. The second-order valence-electron chi connectivity index (χ2n) is 6.47. The van der Waals surface area contributed by atoms with Gasteiger partial charge in [-0.25, -0.2) is 4.79 Å². The Balaban J connectivity index is 1.90. The zero-order chi connectivity index (χ0) is 21.0. The van der Waals surface area contributed by atoms with Crippen molar-refractivity contribution in [3.05, 3.63) is 46.6 Å². The predicted molar refractivity (Wildman–Crippen MR) is 109 cm³/mol. The van der Waals surface area contributed by atoms with E-state index in [0.29, 0.717) is 29.4 Å². The molecule has 0 aliphatic carbocycles. The Morgan fingerprint density at radius 3 is 2.55 bits per heavy atom. The summed E-state index contributed by atoms with van der Waals surface area (Å²) in [5.41, 5.74) is 2.67. The molecular formula is C20H23ClN4O4. The van der Waals surface area contributed by atoms with Crippen LogP contribution in [0.5, 0.6) is 0 Å². The van der Waals surface area contributed by atoms with Crippen LogP contribution in [0.3, 0.4) is 0 Å². The number of carbonyl (C=O) groups excluding carboxylic acids is 3. The van der Waals surface area contributed by atoms with Gasteiger partial charge in [-0.3, -0.25) is 9.59 Å².